The zero-order chi connectivity index (χ0) is 22.8. The fourth-order valence-electron chi connectivity index (χ4n) is 3.48. The highest BCUT2D eigenvalue weighted by atomic mass is 17.2. The van der Waals surface area contributed by atoms with Gasteiger partial charge in [0.15, 0.2) is 6.10 Å². The van der Waals surface area contributed by atoms with Crippen LogP contribution in [0.5, 0.6) is 0 Å². The summed E-state index contributed by atoms with van der Waals surface area (Å²) < 4.78 is 0. The van der Waals surface area contributed by atoms with Gasteiger partial charge in [-0.05, 0) is 73.9 Å². The Morgan fingerprint density at radius 1 is 0.812 bits per heavy atom. The highest BCUT2D eigenvalue weighted by molar-refractivity contribution is 5.89. The van der Waals surface area contributed by atoms with Gasteiger partial charge in [-0.15, -0.1) is 0 Å². The van der Waals surface area contributed by atoms with Gasteiger partial charge in [-0.3, -0.25) is 9.78 Å². The van der Waals surface area contributed by atoms with Gasteiger partial charge >= 0.3 is 11.9 Å². The molecule has 0 aromatic heterocycles. The van der Waals surface area contributed by atoms with Crippen molar-refractivity contribution >= 4 is 11.9 Å². The predicted molar refractivity (Wildman–Crippen MR) is 119 cm³/mol. The predicted octanol–water partition coefficient (Wildman–Crippen LogP) is 5.76. The van der Waals surface area contributed by atoms with Crippen molar-refractivity contribution in [2.45, 2.75) is 64.9 Å². The minimum absolute atomic E-state index is 0.387. The maximum atomic E-state index is 12.3. The summed E-state index contributed by atoms with van der Waals surface area (Å²) in [5.74, 6) is -1.18. The second-order valence-corrected chi connectivity index (χ2v) is 7.83. The Morgan fingerprint density at radius 2 is 1.34 bits per heavy atom. The van der Waals surface area contributed by atoms with Gasteiger partial charge in [-0.25, -0.2) is 9.59 Å². The molecule has 1 aliphatic rings. The van der Waals surface area contributed by atoms with Crippen LogP contribution in [0.25, 0.3) is 0 Å². The van der Waals surface area contributed by atoms with Crippen LogP contribution >= 0.6 is 0 Å². The number of carbonyl (C=O) groups is 2. The molecule has 32 heavy (non-hydrogen) atoms. The number of hydrogen-bond donors (Lipinski definition) is 0. The van der Waals surface area contributed by atoms with E-state index in [2.05, 4.69) is 13.8 Å². The van der Waals surface area contributed by atoms with Crippen molar-refractivity contribution in [2.75, 3.05) is 0 Å². The van der Waals surface area contributed by atoms with Crippen LogP contribution in [0, 0.1) is 12.5 Å². The zero-order valence-corrected chi connectivity index (χ0v) is 18.7. The summed E-state index contributed by atoms with van der Waals surface area (Å²) >= 11 is 0. The molecule has 0 bridgehead atoms. The van der Waals surface area contributed by atoms with E-state index in [1.165, 1.54) is 0 Å². The first-order valence-corrected chi connectivity index (χ1v) is 11.2. The summed E-state index contributed by atoms with van der Waals surface area (Å²) in [6.07, 6.45) is 7.64. The van der Waals surface area contributed by atoms with E-state index in [0.717, 1.165) is 49.7 Å². The molecule has 6 heteroatoms. The molecule has 0 heterocycles. The molecule has 2 aromatic carbocycles. The standard InChI is InChI=1S/C26H30O6/c1-3-7-19-11-15-21(16-12-19)25(27)31-29-23-9-5-6-10-24(23)30-32-26(28)22-17-13-20(8-4-2)14-18-22/h9,11-18,23H,3-8,10H2,1-2H3. The molecule has 0 N–H and O–H groups in total. The van der Waals surface area contributed by atoms with Crippen molar-refractivity contribution < 1.29 is 29.1 Å². The van der Waals surface area contributed by atoms with Gasteiger partial charge in [0.05, 0.1) is 11.1 Å². The molecule has 0 spiro atoms. The van der Waals surface area contributed by atoms with E-state index in [0.29, 0.717) is 23.7 Å². The molecule has 3 rings (SSSR count). The highest BCUT2D eigenvalue weighted by Gasteiger charge is 2.33. The largest absolute Gasteiger partial charge is 0.373 e. The molecule has 0 aliphatic heterocycles. The molecule has 2 aromatic rings. The molecule has 0 amide bonds. The number of benzene rings is 2. The van der Waals surface area contributed by atoms with Gasteiger partial charge < -0.3 is 0 Å². The van der Waals surface area contributed by atoms with E-state index >= 15 is 0 Å². The lowest BCUT2D eigenvalue weighted by Crippen LogP contribution is -2.30. The lowest BCUT2D eigenvalue weighted by Gasteiger charge is -2.26. The summed E-state index contributed by atoms with van der Waals surface area (Å²) in [5.41, 5.74) is 3.13. The van der Waals surface area contributed by atoms with Crippen LogP contribution in [0.2, 0.25) is 0 Å². The third kappa shape index (κ3) is 6.90. The normalized spacial score (nSPS) is 16.5. The van der Waals surface area contributed by atoms with Crippen LogP contribution in [0.4, 0.5) is 0 Å². The number of hydrogen-bond acceptors (Lipinski definition) is 6. The van der Waals surface area contributed by atoms with E-state index in [9.17, 15) is 9.59 Å². The maximum absolute atomic E-state index is 12.3. The molecule has 6 nitrogen and oxygen atoms in total. The van der Waals surface area contributed by atoms with Crippen LogP contribution in [0.3, 0.4) is 0 Å². The highest BCUT2D eigenvalue weighted by Crippen LogP contribution is 2.30. The van der Waals surface area contributed by atoms with Crippen molar-refractivity contribution in [2.24, 2.45) is 0 Å². The first-order chi connectivity index (χ1) is 15.6. The SMILES string of the molecule is CCCc1ccc(C(=O)OO[C]2CCC[CH]C2OOC(=O)c2ccc(CCC)cc2)cc1. The Hall–Kier alpha value is -2.70. The van der Waals surface area contributed by atoms with Gasteiger partial charge in [-0.2, -0.15) is 9.78 Å². The van der Waals surface area contributed by atoms with Gasteiger partial charge in [0.2, 0.25) is 0 Å². The summed E-state index contributed by atoms with van der Waals surface area (Å²) in [6, 6.07) is 14.5. The minimum atomic E-state index is -0.702. The fraction of sp³-hybridized carbons (Fsp3) is 0.385. The molecular formula is C26H30O6. The van der Waals surface area contributed by atoms with Crippen LogP contribution in [-0.2, 0) is 32.4 Å². The Kier molecular flexibility index (Phi) is 9.26. The van der Waals surface area contributed by atoms with Crippen molar-refractivity contribution in [1.29, 1.82) is 0 Å². The molecule has 1 saturated carbocycles. The summed E-state index contributed by atoms with van der Waals surface area (Å²) in [5, 5.41) is 0. The average molecular weight is 439 g/mol. The first-order valence-electron chi connectivity index (χ1n) is 11.2. The molecular weight excluding hydrogens is 408 g/mol. The molecule has 170 valence electrons. The molecule has 2 radical (unpaired) electrons. The monoisotopic (exact) mass is 438 g/mol. The fourth-order valence-corrected chi connectivity index (χ4v) is 3.48. The molecule has 1 fully saturated rings. The summed E-state index contributed by atoms with van der Waals surface area (Å²) in [4.78, 5) is 45.2. The Morgan fingerprint density at radius 3 is 1.88 bits per heavy atom. The maximum Gasteiger partial charge on any atom is 0.373 e. The van der Waals surface area contributed by atoms with E-state index in [4.69, 9.17) is 19.6 Å². The van der Waals surface area contributed by atoms with E-state index in [1.54, 1.807) is 24.3 Å². The molecule has 0 saturated heterocycles. The van der Waals surface area contributed by atoms with Crippen LogP contribution in [0.1, 0.15) is 77.8 Å². The van der Waals surface area contributed by atoms with Crippen LogP contribution in [-0.4, -0.2) is 18.0 Å². The van der Waals surface area contributed by atoms with Gasteiger partial charge in [-0.1, -0.05) is 51.0 Å². The quantitative estimate of drug-likeness (QED) is 0.347. The second kappa shape index (κ2) is 12.4. The Balaban J connectivity index is 1.49. The van der Waals surface area contributed by atoms with Crippen molar-refractivity contribution in [3.63, 3.8) is 0 Å². The number of carbonyl (C=O) groups excluding carboxylic acids is 2. The van der Waals surface area contributed by atoms with Gasteiger partial charge in [0.25, 0.3) is 0 Å². The molecule has 1 aliphatic carbocycles. The third-order valence-electron chi connectivity index (χ3n) is 5.23. The second-order valence-electron chi connectivity index (χ2n) is 7.83. The van der Waals surface area contributed by atoms with E-state index < -0.39 is 18.0 Å². The third-order valence-corrected chi connectivity index (χ3v) is 5.23. The van der Waals surface area contributed by atoms with Crippen molar-refractivity contribution in [3.05, 3.63) is 83.3 Å². The number of aryl methyl sites for hydroxylation is 2. The van der Waals surface area contributed by atoms with E-state index in [-0.39, 0.29) is 0 Å². The van der Waals surface area contributed by atoms with Gasteiger partial charge in [0.1, 0.15) is 6.10 Å². The van der Waals surface area contributed by atoms with Crippen LogP contribution < -0.4 is 0 Å². The Bertz CT molecular complexity index is 785. The minimum Gasteiger partial charge on any atom is -0.292 e. The lowest BCUT2D eigenvalue weighted by molar-refractivity contribution is -0.311. The Labute approximate surface area is 189 Å². The zero-order valence-electron chi connectivity index (χ0n) is 18.7. The van der Waals surface area contributed by atoms with E-state index in [1.807, 2.05) is 30.7 Å². The topological polar surface area (TPSA) is 71.1 Å². The lowest BCUT2D eigenvalue weighted by atomic mass is 9.95. The van der Waals surface area contributed by atoms with Gasteiger partial charge in [0, 0.05) is 0 Å². The molecule has 1 unspecified atom stereocenters. The summed E-state index contributed by atoms with van der Waals surface area (Å²) in [6.45, 7) is 4.21. The van der Waals surface area contributed by atoms with Crippen molar-refractivity contribution in [1.82, 2.24) is 0 Å². The smallest absolute Gasteiger partial charge is 0.292 e. The van der Waals surface area contributed by atoms with Crippen LogP contribution in [0.15, 0.2) is 48.5 Å². The van der Waals surface area contributed by atoms with Crippen molar-refractivity contribution in [3.8, 4) is 0 Å². The first kappa shape index (κ1) is 24.0. The average Bonchev–Trinajstić information content (AvgIpc) is 2.83. The molecule has 1 atom stereocenters. The summed E-state index contributed by atoms with van der Waals surface area (Å²) in [7, 11) is 0. The number of rotatable bonds is 10.